The van der Waals surface area contributed by atoms with E-state index in [-0.39, 0.29) is 12.5 Å². The van der Waals surface area contributed by atoms with Gasteiger partial charge in [0.2, 0.25) is 0 Å². The fraction of sp³-hybridized carbons (Fsp3) is 0.312. The van der Waals surface area contributed by atoms with Gasteiger partial charge in [-0.3, -0.25) is 9.59 Å². The summed E-state index contributed by atoms with van der Waals surface area (Å²) < 4.78 is 1.58. The third-order valence-electron chi connectivity index (χ3n) is 3.60. The molecular weight excluding hydrogens is 318 g/mol. The van der Waals surface area contributed by atoms with Crippen molar-refractivity contribution >= 4 is 23.5 Å². The molecular formula is C16H18ClN3O3. The van der Waals surface area contributed by atoms with Gasteiger partial charge >= 0.3 is 5.97 Å². The summed E-state index contributed by atoms with van der Waals surface area (Å²) in [5.74, 6) is -1.34. The van der Waals surface area contributed by atoms with Crippen molar-refractivity contribution < 1.29 is 14.7 Å². The van der Waals surface area contributed by atoms with E-state index in [0.29, 0.717) is 22.0 Å². The van der Waals surface area contributed by atoms with E-state index in [1.165, 1.54) is 6.20 Å². The maximum absolute atomic E-state index is 12.3. The van der Waals surface area contributed by atoms with E-state index in [0.717, 1.165) is 0 Å². The van der Waals surface area contributed by atoms with E-state index < -0.39 is 11.4 Å². The number of aromatic nitrogens is 2. The lowest BCUT2D eigenvalue weighted by atomic mass is 9.94. The van der Waals surface area contributed by atoms with Crippen LogP contribution in [-0.2, 0) is 4.79 Å². The zero-order chi connectivity index (χ0) is 17.2. The van der Waals surface area contributed by atoms with Crippen molar-refractivity contribution in [3.8, 4) is 5.69 Å². The first-order valence-corrected chi connectivity index (χ1v) is 7.43. The molecule has 1 amide bonds. The minimum Gasteiger partial charge on any atom is -0.481 e. The number of carboxylic acids is 1. The van der Waals surface area contributed by atoms with E-state index in [1.807, 2.05) is 12.1 Å². The molecule has 2 aromatic rings. The number of hydrogen-bond acceptors (Lipinski definition) is 3. The van der Waals surface area contributed by atoms with Crippen LogP contribution < -0.4 is 5.32 Å². The summed E-state index contributed by atoms with van der Waals surface area (Å²) in [5, 5.41) is 16.4. The molecule has 1 aromatic carbocycles. The Balaban J connectivity index is 2.21. The fourth-order valence-electron chi connectivity index (χ4n) is 1.97. The summed E-state index contributed by atoms with van der Waals surface area (Å²) in [6, 6.07) is 7.19. The molecule has 0 bridgehead atoms. The molecule has 0 fully saturated rings. The maximum atomic E-state index is 12.3. The van der Waals surface area contributed by atoms with Crippen LogP contribution in [0.3, 0.4) is 0 Å². The van der Waals surface area contributed by atoms with Gasteiger partial charge in [-0.2, -0.15) is 5.10 Å². The van der Waals surface area contributed by atoms with Crippen LogP contribution >= 0.6 is 11.6 Å². The van der Waals surface area contributed by atoms with Gasteiger partial charge in [0.15, 0.2) is 0 Å². The summed E-state index contributed by atoms with van der Waals surface area (Å²) >= 11 is 6.15. The molecule has 1 heterocycles. The van der Waals surface area contributed by atoms with Crippen molar-refractivity contribution in [2.24, 2.45) is 5.41 Å². The Bertz CT molecular complexity index is 753. The number of rotatable bonds is 5. The molecule has 0 atom stereocenters. The van der Waals surface area contributed by atoms with Crippen LogP contribution in [0.5, 0.6) is 0 Å². The minimum atomic E-state index is -1.04. The van der Waals surface area contributed by atoms with Crippen molar-refractivity contribution in [2.45, 2.75) is 20.8 Å². The highest BCUT2D eigenvalue weighted by Gasteiger charge is 2.28. The topological polar surface area (TPSA) is 84.2 Å². The zero-order valence-corrected chi connectivity index (χ0v) is 13.9. The van der Waals surface area contributed by atoms with Crippen LogP contribution in [0, 0.1) is 12.3 Å². The second-order valence-electron chi connectivity index (χ2n) is 5.88. The number of nitrogens with zero attached hydrogens (tertiary/aromatic N) is 2. The molecule has 0 unspecified atom stereocenters. The normalized spacial score (nSPS) is 11.3. The summed E-state index contributed by atoms with van der Waals surface area (Å²) in [6.45, 7) is 4.89. The fourth-order valence-corrected chi connectivity index (χ4v) is 2.19. The van der Waals surface area contributed by atoms with Gasteiger partial charge < -0.3 is 10.4 Å². The predicted octanol–water partition coefficient (Wildman–Crippen LogP) is 2.67. The highest BCUT2D eigenvalue weighted by Crippen LogP contribution is 2.22. The molecule has 0 saturated carbocycles. The number of carboxylic acid groups (broad SMARTS) is 1. The van der Waals surface area contributed by atoms with Gasteiger partial charge in [-0.15, -0.1) is 0 Å². The molecule has 122 valence electrons. The van der Waals surface area contributed by atoms with Gasteiger partial charge in [-0.05, 0) is 32.9 Å². The molecule has 0 aliphatic heterocycles. The van der Waals surface area contributed by atoms with E-state index in [1.54, 1.807) is 37.6 Å². The lowest BCUT2D eigenvalue weighted by Gasteiger charge is -2.19. The van der Waals surface area contributed by atoms with E-state index in [4.69, 9.17) is 16.7 Å². The Kier molecular flexibility index (Phi) is 4.75. The summed E-state index contributed by atoms with van der Waals surface area (Å²) in [7, 11) is 0. The molecule has 23 heavy (non-hydrogen) atoms. The third-order valence-corrected chi connectivity index (χ3v) is 3.92. The Morgan fingerprint density at radius 2 is 2.00 bits per heavy atom. The minimum absolute atomic E-state index is 0.0257. The van der Waals surface area contributed by atoms with Gasteiger partial charge in [0.25, 0.3) is 5.91 Å². The van der Waals surface area contributed by atoms with Crippen LogP contribution in [-0.4, -0.2) is 33.3 Å². The monoisotopic (exact) mass is 335 g/mol. The number of benzene rings is 1. The average molecular weight is 336 g/mol. The number of aliphatic carboxylic acids is 1. The van der Waals surface area contributed by atoms with Crippen LogP contribution in [0.1, 0.15) is 29.9 Å². The second-order valence-corrected chi connectivity index (χ2v) is 6.29. The molecule has 0 radical (unpaired) electrons. The van der Waals surface area contributed by atoms with Gasteiger partial charge in [-0.25, -0.2) is 4.68 Å². The molecule has 0 saturated heterocycles. The molecule has 6 nitrogen and oxygen atoms in total. The smallest absolute Gasteiger partial charge is 0.310 e. The number of halogens is 1. The highest BCUT2D eigenvalue weighted by molar-refractivity contribution is 6.32. The number of hydrogen-bond donors (Lipinski definition) is 2. The Hall–Kier alpha value is -2.34. The average Bonchev–Trinajstić information content (AvgIpc) is 2.87. The Labute approximate surface area is 139 Å². The molecule has 2 rings (SSSR count). The number of nitrogens with one attached hydrogen (secondary N) is 1. The van der Waals surface area contributed by atoms with Crippen molar-refractivity contribution in [2.75, 3.05) is 6.54 Å². The first kappa shape index (κ1) is 17.0. The van der Waals surface area contributed by atoms with Crippen LogP contribution in [0.25, 0.3) is 5.69 Å². The molecule has 0 spiro atoms. The highest BCUT2D eigenvalue weighted by atomic mass is 35.5. The number of carbonyl (C=O) groups is 2. The predicted molar refractivity (Wildman–Crippen MR) is 87.1 cm³/mol. The summed E-state index contributed by atoms with van der Waals surface area (Å²) in [6.07, 6.45) is 1.45. The van der Waals surface area contributed by atoms with Crippen LogP contribution in [0.4, 0.5) is 0 Å². The largest absolute Gasteiger partial charge is 0.481 e. The summed E-state index contributed by atoms with van der Waals surface area (Å²) in [4.78, 5) is 23.4. The molecule has 1 aromatic heterocycles. The third kappa shape index (κ3) is 3.53. The Morgan fingerprint density at radius 3 is 2.61 bits per heavy atom. The van der Waals surface area contributed by atoms with Crippen LogP contribution in [0.15, 0.2) is 30.5 Å². The van der Waals surface area contributed by atoms with Gasteiger partial charge in [0, 0.05) is 6.54 Å². The number of para-hydroxylation sites is 1. The molecule has 0 aliphatic carbocycles. The van der Waals surface area contributed by atoms with Crippen molar-refractivity contribution in [3.63, 3.8) is 0 Å². The molecule has 7 heteroatoms. The van der Waals surface area contributed by atoms with E-state index in [9.17, 15) is 9.59 Å². The SMILES string of the molecule is Cc1c(C(=O)NCC(C)(C)C(=O)O)cnn1-c1ccccc1Cl. The summed E-state index contributed by atoms with van der Waals surface area (Å²) in [5.41, 5.74) is 0.647. The molecule has 2 N–H and O–H groups in total. The number of carbonyl (C=O) groups excluding carboxylic acids is 1. The second kappa shape index (κ2) is 6.42. The van der Waals surface area contributed by atoms with E-state index >= 15 is 0 Å². The first-order valence-electron chi connectivity index (χ1n) is 7.05. The van der Waals surface area contributed by atoms with Gasteiger partial charge in [0.05, 0.1) is 33.6 Å². The van der Waals surface area contributed by atoms with Gasteiger partial charge in [-0.1, -0.05) is 23.7 Å². The zero-order valence-electron chi connectivity index (χ0n) is 13.1. The lowest BCUT2D eigenvalue weighted by molar-refractivity contribution is -0.146. The van der Waals surface area contributed by atoms with Crippen molar-refractivity contribution in [3.05, 3.63) is 46.7 Å². The molecule has 0 aliphatic rings. The van der Waals surface area contributed by atoms with Gasteiger partial charge in [0.1, 0.15) is 0 Å². The standard InChI is InChI=1S/C16H18ClN3O3/c1-10-11(14(21)18-9-16(2,3)15(22)23)8-19-20(10)13-7-5-4-6-12(13)17/h4-8H,9H2,1-3H3,(H,18,21)(H,22,23). The lowest BCUT2D eigenvalue weighted by Crippen LogP contribution is -2.39. The van der Waals surface area contributed by atoms with Crippen molar-refractivity contribution in [1.29, 1.82) is 0 Å². The van der Waals surface area contributed by atoms with E-state index in [2.05, 4.69) is 10.4 Å². The number of amides is 1. The first-order chi connectivity index (χ1) is 10.7. The Morgan fingerprint density at radius 1 is 1.35 bits per heavy atom. The maximum Gasteiger partial charge on any atom is 0.310 e. The van der Waals surface area contributed by atoms with Crippen LogP contribution in [0.2, 0.25) is 5.02 Å². The van der Waals surface area contributed by atoms with Crippen molar-refractivity contribution in [1.82, 2.24) is 15.1 Å². The quantitative estimate of drug-likeness (QED) is 0.879.